The number of thiazole rings is 2. The number of hydrogen-bond donors (Lipinski definition) is 4. The van der Waals surface area contributed by atoms with Gasteiger partial charge in [-0.2, -0.15) is 0 Å². The molecule has 2 heterocycles. The van der Waals surface area contributed by atoms with Crippen molar-refractivity contribution in [2.24, 2.45) is 0 Å². The molecule has 4 amide bonds. The van der Waals surface area contributed by atoms with Crippen LogP contribution in [-0.2, 0) is 0 Å². The summed E-state index contributed by atoms with van der Waals surface area (Å²) in [5.41, 5.74) is 1.07. The third kappa shape index (κ3) is 12.3. The summed E-state index contributed by atoms with van der Waals surface area (Å²) in [5, 5.41) is 5.27. The highest BCUT2D eigenvalue weighted by Gasteiger charge is 2.32. The molecule has 0 aliphatic heterocycles. The first-order valence-electron chi connectivity index (χ1n) is 12.4. The van der Waals surface area contributed by atoms with Crippen molar-refractivity contribution in [2.75, 3.05) is 6.54 Å². The van der Waals surface area contributed by atoms with Gasteiger partial charge >= 0.3 is 24.8 Å². The number of halogens is 6. The van der Waals surface area contributed by atoms with Crippen LogP contribution in [0.15, 0.2) is 45.1 Å². The van der Waals surface area contributed by atoms with Crippen LogP contribution >= 0.6 is 46.6 Å². The van der Waals surface area contributed by atoms with E-state index in [1.807, 2.05) is 20.8 Å². The summed E-state index contributed by atoms with van der Waals surface area (Å²) in [4.78, 5) is 31.2. The van der Waals surface area contributed by atoms with E-state index in [2.05, 4.69) is 39.5 Å². The number of amides is 4. The molecule has 4 aromatic rings. The lowest BCUT2D eigenvalue weighted by molar-refractivity contribution is -0.275. The van der Waals surface area contributed by atoms with Crippen molar-refractivity contribution in [3.63, 3.8) is 0 Å². The van der Waals surface area contributed by atoms with Gasteiger partial charge in [-0.15, -0.1) is 49.0 Å². The fourth-order valence-corrected chi connectivity index (χ4v) is 6.35. The van der Waals surface area contributed by atoms with Gasteiger partial charge in [0.05, 0.1) is 20.4 Å². The zero-order valence-corrected chi connectivity index (χ0v) is 26.1. The number of urea groups is 2. The van der Waals surface area contributed by atoms with Gasteiger partial charge in [0.1, 0.15) is 11.5 Å². The number of hydrogen-bond acceptors (Lipinski definition) is 10. The molecule has 0 unspecified atom stereocenters. The van der Waals surface area contributed by atoms with E-state index >= 15 is 0 Å². The molecule has 0 saturated carbocycles. The van der Waals surface area contributed by atoms with Gasteiger partial charge in [0, 0.05) is 36.5 Å². The van der Waals surface area contributed by atoms with Gasteiger partial charge in [-0.3, -0.25) is 9.44 Å². The average molecular weight is 703 g/mol. The van der Waals surface area contributed by atoms with E-state index < -0.39 is 12.7 Å². The predicted molar refractivity (Wildman–Crippen MR) is 158 cm³/mol. The highest BCUT2D eigenvalue weighted by molar-refractivity contribution is 8.00. The van der Waals surface area contributed by atoms with Crippen molar-refractivity contribution >= 4 is 79.1 Å². The number of alkyl halides is 6. The van der Waals surface area contributed by atoms with E-state index in [1.54, 1.807) is 0 Å². The molecule has 10 nitrogen and oxygen atoms in total. The van der Waals surface area contributed by atoms with Gasteiger partial charge in [0.15, 0.2) is 8.68 Å². The Kier molecular flexibility index (Phi) is 12.4. The lowest BCUT2D eigenvalue weighted by atomic mass is 10.3. The zero-order chi connectivity index (χ0) is 32.5. The van der Waals surface area contributed by atoms with E-state index in [-0.39, 0.29) is 29.6 Å². The Bertz CT molecular complexity index is 1560. The minimum absolute atomic E-state index is 0.00181. The fraction of sp³-hybridized carbons (Fsp3) is 0.333. The van der Waals surface area contributed by atoms with E-state index in [4.69, 9.17) is 0 Å². The third-order valence-electron chi connectivity index (χ3n) is 4.57. The molecule has 0 bridgehead atoms. The highest BCUT2D eigenvalue weighted by Crippen LogP contribution is 2.34. The monoisotopic (exact) mass is 702 g/mol. The van der Waals surface area contributed by atoms with E-state index in [9.17, 15) is 35.9 Å². The summed E-state index contributed by atoms with van der Waals surface area (Å²) in [6.07, 6.45) is -8.64. The third-order valence-corrected chi connectivity index (χ3v) is 8.30. The largest absolute Gasteiger partial charge is 0.573 e. The van der Waals surface area contributed by atoms with Crippen LogP contribution in [0.25, 0.3) is 20.4 Å². The molecule has 0 radical (unpaired) electrons. The molecular weight excluding hydrogens is 679 g/mol. The molecule has 4 rings (SSSR count). The molecule has 0 atom stereocenters. The van der Waals surface area contributed by atoms with Gasteiger partial charge in [-0.1, -0.05) is 6.92 Å². The Morgan fingerprint density at radius 2 is 1.27 bits per heavy atom. The Hall–Kier alpha value is -3.36. The molecule has 0 saturated heterocycles. The van der Waals surface area contributed by atoms with Crippen molar-refractivity contribution in [2.45, 2.75) is 54.6 Å². The SMILES string of the molecule is CC(C)NC(=O)NSc1nc2ccc(OC(F)(F)F)cc2s1.CCCNC(=O)NSc1nc2ccc(OC(F)(F)F)cc2s1. The number of ether oxygens (including phenoxy) is 2. The molecule has 2 aromatic heterocycles. The van der Waals surface area contributed by atoms with Crippen LogP contribution < -0.4 is 29.6 Å². The van der Waals surface area contributed by atoms with Crippen LogP contribution in [0.4, 0.5) is 35.9 Å². The van der Waals surface area contributed by atoms with Gasteiger partial charge < -0.3 is 20.1 Å². The molecule has 44 heavy (non-hydrogen) atoms. The number of nitrogens with zero attached hydrogens (tertiary/aromatic N) is 2. The maximum absolute atomic E-state index is 12.2. The molecule has 240 valence electrons. The van der Waals surface area contributed by atoms with E-state index in [1.165, 1.54) is 47.7 Å². The quantitative estimate of drug-likeness (QED) is 0.103. The molecule has 0 aliphatic rings. The van der Waals surface area contributed by atoms with Crippen molar-refractivity contribution < 1.29 is 45.4 Å². The van der Waals surface area contributed by atoms with Crippen molar-refractivity contribution in [3.8, 4) is 11.5 Å². The van der Waals surface area contributed by atoms with Gasteiger partial charge in [0.2, 0.25) is 0 Å². The molecule has 0 spiro atoms. The number of fused-ring (bicyclic) bond motifs is 2. The first-order chi connectivity index (χ1) is 20.6. The normalized spacial score (nSPS) is 11.6. The van der Waals surface area contributed by atoms with Crippen LogP contribution in [0.1, 0.15) is 27.2 Å². The van der Waals surface area contributed by atoms with Gasteiger partial charge in [-0.25, -0.2) is 19.6 Å². The van der Waals surface area contributed by atoms with Crippen molar-refractivity contribution in [1.82, 2.24) is 30.0 Å². The zero-order valence-electron chi connectivity index (χ0n) is 22.9. The Morgan fingerprint density at radius 3 is 1.68 bits per heavy atom. The van der Waals surface area contributed by atoms with E-state index in [0.29, 0.717) is 35.7 Å². The number of aromatic nitrogens is 2. The molecule has 4 N–H and O–H groups in total. The van der Waals surface area contributed by atoms with E-state index in [0.717, 1.165) is 41.7 Å². The summed E-state index contributed by atoms with van der Waals surface area (Å²) in [7, 11) is 0. The van der Waals surface area contributed by atoms with Crippen LogP contribution in [0, 0.1) is 0 Å². The predicted octanol–water partition coefficient (Wildman–Crippen LogP) is 7.82. The van der Waals surface area contributed by atoms with Gasteiger partial charge in [0.25, 0.3) is 0 Å². The second kappa shape index (κ2) is 15.6. The first kappa shape index (κ1) is 35.1. The van der Waals surface area contributed by atoms with Gasteiger partial charge in [-0.05, 0) is 56.7 Å². The number of nitrogens with one attached hydrogen (secondary N) is 4. The summed E-state index contributed by atoms with van der Waals surface area (Å²) >= 11 is 4.33. The van der Waals surface area contributed by atoms with Crippen LogP contribution in [-0.4, -0.2) is 47.3 Å². The number of carbonyl (C=O) groups is 2. The highest BCUT2D eigenvalue weighted by atomic mass is 32.2. The van der Waals surface area contributed by atoms with Crippen LogP contribution in [0.3, 0.4) is 0 Å². The summed E-state index contributed by atoms with van der Waals surface area (Å²) in [5.74, 6) is -0.598. The maximum atomic E-state index is 12.2. The number of rotatable bonds is 9. The second-order valence-electron chi connectivity index (χ2n) is 8.61. The molecule has 0 fully saturated rings. The first-order valence-corrected chi connectivity index (χ1v) is 15.6. The molecule has 2 aromatic carbocycles. The Morgan fingerprint density at radius 1 is 0.818 bits per heavy atom. The minimum Gasteiger partial charge on any atom is -0.406 e. The maximum Gasteiger partial charge on any atom is 0.573 e. The topological polar surface area (TPSA) is 126 Å². The Labute approximate surface area is 262 Å². The summed E-state index contributed by atoms with van der Waals surface area (Å²) in [6, 6.07) is 7.10. The standard InChI is InChI=1S/2C12H12F3N3O2S2/c1-6(2)16-10(19)18-22-11-17-8-4-3-7(5-9(8)21-11)20-12(13,14)15;1-2-5-16-10(19)18-22-11-17-8-4-3-7(6-9(8)21-11)20-12(13,14)15/h3-6H,1-2H3,(H2,16,18,19);3-4,6H,2,5H2,1H3,(H2,16,18,19). The summed E-state index contributed by atoms with van der Waals surface area (Å²) < 4.78 is 87.9. The lowest BCUT2D eigenvalue weighted by Gasteiger charge is -2.07. The Balaban J connectivity index is 0.000000240. The van der Waals surface area contributed by atoms with Crippen molar-refractivity contribution in [3.05, 3.63) is 36.4 Å². The summed E-state index contributed by atoms with van der Waals surface area (Å²) in [6.45, 7) is 6.14. The smallest absolute Gasteiger partial charge is 0.406 e. The minimum atomic E-state index is -4.73. The molecule has 20 heteroatoms. The molecule has 0 aliphatic carbocycles. The fourth-order valence-electron chi connectivity index (χ4n) is 3.00. The average Bonchev–Trinajstić information content (AvgIpc) is 3.50. The number of benzene rings is 2. The lowest BCUT2D eigenvalue weighted by Crippen LogP contribution is -2.36. The van der Waals surface area contributed by atoms with Crippen LogP contribution in [0.5, 0.6) is 11.5 Å². The molecular formula is C24H24F6N6O4S4. The van der Waals surface area contributed by atoms with Crippen molar-refractivity contribution in [1.29, 1.82) is 0 Å². The second-order valence-corrected chi connectivity index (χ2v) is 12.8. The van der Waals surface area contributed by atoms with Crippen LogP contribution in [0.2, 0.25) is 0 Å². The number of carbonyl (C=O) groups excluding carboxylic acids is 2.